The smallest absolute Gasteiger partial charge is 0.326 e. The molecule has 0 aliphatic heterocycles. The maximum absolute atomic E-state index is 11.7. The van der Waals surface area contributed by atoms with E-state index >= 15 is 0 Å². The Balaban J connectivity index is 2.52. The molecule has 1 aromatic heterocycles. The second-order valence-electron chi connectivity index (χ2n) is 4.27. The minimum atomic E-state index is -1.03. The van der Waals surface area contributed by atoms with E-state index in [1.807, 2.05) is 13.0 Å². The Bertz CT molecular complexity index is 422. The number of aromatic nitrogens is 1. The zero-order valence-corrected chi connectivity index (χ0v) is 11.1. The summed E-state index contributed by atoms with van der Waals surface area (Å²) in [7, 11) is 0. The van der Waals surface area contributed by atoms with Crippen molar-refractivity contribution in [2.75, 3.05) is 0 Å². The number of hydrogen-bond donors (Lipinski definition) is 3. The zero-order valence-electron chi connectivity index (χ0n) is 11.1. The van der Waals surface area contributed by atoms with Crippen molar-refractivity contribution in [2.24, 2.45) is 0 Å². The Morgan fingerprint density at radius 3 is 2.63 bits per heavy atom. The summed E-state index contributed by atoms with van der Waals surface area (Å²) in [5, 5.41) is 14.1. The highest BCUT2D eigenvalue weighted by atomic mass is 16.4. The molecule has 0 aliphatic carbocycles. The van der Waals surface area contributed by atoms with Crippen LogP contribution in [0, 0.1) is 0 Å². The number of pyridine rings is 1. The molecule has 0 saturated carbocycles. The maximum atomic E-state index is 11.7. The predicted octanol–water partition coefficient (Wildman–Crippen LogP) is 1.70. The van der Waals surface area contributed by atoms with Crippen molar-refractivity contribution in [3.8, 4) is 0 Å². The van der Waals surface area contributed by atoms with Crippen LogP contribution in [0.1, 0.15) is 38.4 Å². The summed E-state index contributed by atoms with van der Waals surface area (Å²) in [6, 6.07) is 3.77. The highest BCUT2D eigenvalue weighted by Crippen LogP contribution is 2.07. The number of carbonyl (C=O) groups excluding carboxylic acids is 1. The molecule has 0 bridgehead atoms. The average molecular weight is 265 g/mol. The Hall–Kier alpha value is -2.11. The molecule has 0 spiro atoms. The van der Waals surface area contributed by atoms with Gasteiger partial charge in [0.05, 0.1) is 11.7 Å². The predicted molar refractivity (Wildman–Crippen MR) is 70.7 cm³/mol. The highest BCUT2D eigenvalue weighted by Gasteiger charge is 2.19. The third kappa shape index (κ3) is 4.95. The number of hydrogen-bond acceptors (Lipinski definition) is 3. The molecular formula is C13H19N3O3. The first-order valence-corrected chi connectivity index (χ1v) is 6.25. The van der Waals surface area contributed by atoms with Crippen LogP contribution in [0.4, 0.5) is 4.79 Å². The van der Waals surface area contributed by atoms with Gasteiger partial charge in [0.1, 0.15) is 6.04 Å². The number of urea groups is 1. The molecule has 104 valence electrons. The molecule has 2 amide bonds. The van der Waals surface area contributed by atoms with Crippen LogP contribution in [-0.2, 0) is 4.79 Å². The molecule has 19 heavy (non-hydrogen) atoms. The van der Waals surface area contributed by atoms with Gasteiger partial charge in [-0.05, 0) is 25.5 Å². The second-order valence-corrected chi connectivity index (χ2v) is 4.27. The van der Waals surface area contributed by atoms with Gasteiger partial charge >= 0.3 is 12.0 Å². The molecule has 0 aromatic carbocycles. The van der Waals surface area contributed by atoms with Crippen LogP contribution in [0.15, 0.2) is 24.4 Å². The molecular weight excluding hydrogens is 246 g/mol. The molecule has 0 radical (unpaired) electrons. The molecule has 0 saturated heterocycles. The first kappa shape index (κ1) is 14.9. The molecule has 0 aliphatic rings. The van der Waals surface area contributed by atoms with Crippen LogP contribution >= 0.6 is 0 Å². The Morgan fingerprint density at radius 1 is 1.37 bits per heavy atom. The lowest BCUT2D eigenvalue weighted by Gasteiger charge is -2.17. The quantitative estimate of drug-likeness (QED) is 0.730. The van der Waals surface area contributed by atoms with E-state index in [1.54, 1.807) is 25.3 Å². The number of nitrogens with one attached hydrogen (secondary N) is 2. The summed E-state index contributed by atoms with van der Waals surface area (Å²) in [6.45, 7) is 3.66. The van der Waals surface area contributed by atoms with Crippen molar-refractivity contribution >= 4 is 12.0 Å². The number of carboxylic acid groups (broad SMARTS) is 1. The van der Waals surface area contributed by atoms with Gasteiger partial charge in [-0.2, -0.15) is 0 Å². The first-order chi connectivity index (χ1) is 9.04. The van der Waals surface area contributed by atoms with E-state index in [2.05, 4.69) is 15.6 Å². The summed E-state index contributed by atoms with van der Waals surface area (Å²) >= 11 is 0. The van der Waals surface area contributed by atoms with Crippen LogP contribution < -0.4 is 10.6 Å². The van der Waals surface area contributed by atoms with Gasteiger partial charge in [-0.3, -0.25) is 4.98 Å². The minimum absolute atomic E-state index is 0.280. The van der Waals surface area contributed by atoms with Crippen molar-refractivity contribution < 1.29 is 14.7 Å². The van der Waals surface area contributed by atoms with Crippen molar-refractivity contribution in [3.63, 3.8) is 0 Å². The fourth-order valence-corrected chi connectivity index (χ4v) is 1.65. The van der Waals surface area contributed by atoms with E-state index in [9.17, 15) is 9.59 Å². The Labute approximate surface area is 112 Å². The summed E-state index contributed by atoms with van der Waals surface area (Å²) in [5.74, 6) is -1.03. The number of nitrogens with zero attached hydrogens (tertiary/aromatic N) is 1. The van der Waals surface area contributed by atoms with E-state index in [1.165, 1.54) is 0 Å². The van der Waals surface area contributed by atoms with Crippen molar-refractivity contribution in [1.82, 2.24) is 15.6 Å². The van der Waals surface area contributed by atoms with E-state index < -0.39 is 18.0 Å². The Morgan fingerprint density at radius 2 is 2.11 bits per heavy atom. The number of amides is 2. The minimum Gasteiger partial charge on any atom is -0.480 e. The maximum Gasteiger partial charge on any atom is 0.326 e. The van der Waals surface area contributed by atoms with Gasteiger partial charge in [0.25, 0.3) is 0 Å². The fourth-order valence-electron chi connectivity index (χ4n) is 1.65. The van der Waals surface area contributed by atoms with Gasteiger partial charge in [-0.25, -0.2) is 9.59 Å². The number of rotatable bonds is 6. The van der Waals surface area contributed by atoms with E-state index in [-0.39, 0.29) is 6.04 Å². The summed E-state index contributed by atoms with van der Waals surface area (Å²) in [6.07, 6.45) is 2.73. The summed E-state index contributed by atoms with van der Waals surface area (Å²) in [5.41, 5.74) is 0.722. The molecule has 0 fully saturated rings. The van der Waals surface area contributed by atoms with E-state index in [4.69, 9.17) is 5.11 Å². The monoisotopic (exact) mass is 265 g/mol. The Kier molecular flexibility index (Phi) is 5.78. The molecule has 2 unspecified atom stereocenters. The number of carboxylic acids is 1. The van der Waals surface area contributed by atoms with Gasteiger partial charge in [0.15, 0.2) is 0 Å². The van der Waals surface area contributed by atoms with Crippen molar-refractivity contribution in [1.29, 1.82) is 0 Å². The van der Waals surface area contributed by atoms with Crippen LogP contribution in [-0.4, -0.2) is 28.1 Å². The molecule has 1 aromatic rings. The standard InChI is InChI=1S/C13H19N3O3/c1-3-6-11(12(17)18)16-13(19)15-9(2)10-7-4-5-8-14-10/h4-5,7-9,11H,3,6H2,1-2H3,(H,17,18)(H2,15,16,19). The summed E-state index contributed by atoms with van der Waals surface area (Å²) < 4.78 is 0. The lowest BCUT2D eigenvalue weighted by molar-refractivity contribution is -0.139. The molecule has 6 heteroatoms. The summed E-state index contributed by atoms with van der Waals surface area (Å²) in [4.78, 5) is 26.8. The van der Waals surface area contributed by atoms with Crippen LogP contribution in [0.5, 0.6) is 0 Å². The van der Waals surface area contributed by atoms with Gasteiger partial charge in [-0.1, -0.05) is 19.4 Å². The highest BCUT2D eigenvalue weighted by molar-refractivity contribution is 5.82. The topological polar surface area (TPSA) is 91.3 Å². The molecule has 3 N–H and O–H groups in total. The first-order valence-electron chi connectivity index (χ1n) is 6.25. The zero-order chi connectivity index (χ0) is 14.3. The molecule has 1 heterocycles. The SMILES string of the molecule is CCCC(NC(=O)NC(C)c1ccccn1)C(=O)O. The lowest BCUT2D eigenvalue weighted by Crippen LogP contribution is -2.46. The van der Waals surface area contributed by atoms with Gasteiger partial charge < -0.3 is 15.7 Å². The second kappa shape index (κ2) is 7.35. The number of aliphatic carboxylic acids is 1. The van der Waals surface area contributed by atoms with Crippen molar-refractivity contribution in [2.45, 2.75) is 38.8 Å². The molecule has 2 atom stereocenters. The van der Waals surface area contributed by atoms with Crippen LogP contribution in [0.3, 0.4) is 0 Å². The number of carbonyl (C=O) groups is 2. The van der Waals surface area contributed by atoms with Crippen LogP contribution in [0.25, 0.3) is 0 Å². The largest absolute Gasteiger partial charge is 0.480 e. The van der Waals surface area contributed by atoms with E-state index in [0.717, 1.165) is 5.69 Å². The third-order valence-corrected chi connectivity index (χ3v) is 2.66. The van der Waals surface area contributed by atoms with Gasteiger partial charge in [0.2, 0.25) is 0 Å². The molecule has 1 rings (SSSR count). The lowest BCUT2D eigenvalue weighted by atomic mass is 10.2. The van der Waals surface area contributed by atoms with Crippen molar-refractivity contribution in [3.05, 3.63) is 30.1 Å². The van der Waals surface area contributed by atoms with Gasteiger partial charge in [-0.15, -0.1) is 0 Å². The van der Waals surface area contributed by atoms with Crippen LogP contribution in [0.2, 0.25) is 0 Å². The molecule has 6 nitrogen and oxygen atoms in total. The normalized spacial score (nSPS) is 13.4. The average Bonchev–Trinajstić information content (AvgIpc) is 2.39. The third-order valence-electron chi connectivity index (χ3n) is 2.66. The van der Waals surface area contributed by atoms with Gasteiger partial charge in [0, 0.05) is 6.20 Å². The fraction of sp³-hybridized carbons (Fsp3) is 0.462. The van der Waals surface area contributed by atoms with E-state index in [0.29, 0.717) is 12.8 Å².